The van der Waals surface area contributed by atoms with Gasteiger partial charge in [0.25, 0.3) is 0 Å². The van der Waals surface area contributed by atoms with Crippen molar-refractivity contribution in [2.45, 2.75) is 51.4 Å². The van der Waals surface area contributed by atoms with E-state index in [0.29, 0.717) is 11.8 Å². The number of amides is 1. The van der Waals surface area contributed by atoms with E-state index in [1.807, 2.05) is 20.8 Å². The summed E-state index contributed by atoms with van der Waals surface area (Å²) in [6.07, 6.45) is 1.16. The summed E-state index contributed by atoms with van der Waals surface area (Å²) in [7, 11) is 0. The molecule has 15 heavy (non-hydrogen) atoms. The molecular weight excluding hydrogens is 194 g/mol. The summed E-state index contributed by atoms with van der Waals surface area (Å²) in [5.74, 6) is 0.958. The van der Waals surface area contributed by atoms with Crippen molar-refractivity contribution in [3.05, 3.63) is 0 Å². The van der Waals surface area contributed by atoms with Gasteiger partial charge in [0.1, 0.15) is 5.60 Å². The van der Waals surface area contributed by atoms with Crippen molar-refractivity contribution < 1.29 is 14.6 Å². The van der Waals surface area contributed by atoms with Crippen LogP contribution in [0, 0.1) is 11.8 Å². The van der Waals surface area contributed by atoms with Crippen molar-refractivity contribution in [1.29, 1.82) is 0 Å². The molecule has 86 valence electrons. The van der Waals surface area contributed by atoms with E-state index in [0.717, 1.165) is 12.8 Å². The van der Waals surface area contributed by atoms with Gasteiger partial charge < -0.3 is 15.2 Å². The Morgan fingerprint density at radius 1 is 1.33 bits per heavy atom. The highest BCUT2D eigenvalue weighted by Crippen LogP contribution is 2.51. The van der Waals surface area contributed by atoms with Gasteiger partial charge >= 0.3 is 6.09 Å². The van der Waals surface area contributed by atoms with E-state index >= 15 is 0 Å². The van der Waals surface area contributed by atoms with E-state index in [2.05, 4.69) is 5.32 Å². The number of hydrogen-bond acceptors (Lipinski definition) is 3. The predicted molar refractivity (Wildman–Crippen MR) is 55.4 cm³/mol. The fourth-order valence-electron chi connectivity index (χ4n) is 2.47. The number of alkyl carbamates (subject to hydrolysis) is 1. The Kier molecular flexibility index (Phi) is 2.41. The third-order valence-electron chi connectivity index (χ3n) is 3.10. The number of rotatable bonds is 1. The minimum absolute atomic E-state index is 0.156. The van der Waals surface area contributed by atoms with Crippen LogP contribution in [0.1, 0.15) is 33.6 Å². The van der Waals surface area contributed by atoms with Crippen LogP contribution in [0.4, 0.5) is 4.79 Å². The Labute approximate surface area is 90.0 Å². The predicted octanol–water partition coefficient (Wildman–Crippen LogP) is 1.28. The van der Waals surface area contributed by atoms with E-state index in [1.165, 1.54) is 0 Å². The summed E-state index contributed by atoms with van der Waals surface area (Å²) in [4.78, 5) is 11.4. The van der Waals surface area contributed by atoms with Gasteiger partial charge in [-0.2, -0.15) is 0 Å². The number of ether oxygens (including phenoxy) is 1. The molecule has 2 aliphatic carbocycles. The zero-order chi connectivity index (χ0) is 11.2. The first-order valence-electron chi connectivity index (χ1n) is 5.54. The lowest BCUT2D eigenvalue weighted by Crippen LogP contribution is -2.35. The Morgan fingerprint density at radius 3 is 2.33 bits per heavy atom. The van der Waals surface area contributed by atoms with Crippen molar-refractivity contribution in [1.82, 2.24) is 5.32 Å². The number of nitrogens with one attached hydrogen (secondary N) is 1. The highest BCUT2D eigenvalue weighted by molar-refractivity contribution is 5.68. The summed E-state index contributed by atoms with van der Waals surface area (Å²) in [6.45, 7) is 5.55. The second kappa shape index (κ2) is 3.37. The summed E-state index contributed by atoms with van der Waals surface area (Å²) in [5.41, 5.74) is -0.437. The molecule has 4 heteroatoms. The number of aliphatic hydroxyl groups is 1. The zero-order valence-electron chi connectivity index (χ0n) is 9.49. The quantitative estimate of drug-likeness (QED) is 0.690. The molecule has 2 fully saturated rings. The van der Waals surface area contributed by atoms with Crippen LogP contribution >= 0.6 is 0 Å². The maximum atomic E-state index is 11.4. The first-order chi connectivity index (χ1) is 6.87. The average Bonchev–Trinajstić information content (AvgIpc) is 2.54. The SMILES string of the molecule is CC(C)(C)OC(=O)NC1[C@H]2CC(O)C[C@@H]12. The monoisotopic (exact) mass is 213 g/mol. The highest BCUT2D eigenvalue weighted by atomic mass is 16.6. The molecule has 0 aromatic carbocycles. The lowest BCUT2D eigenvalue weighted by atomic mass is 10.2. The van der Waals surface area contributed by atoms with Crippen LogP contribution < -0.4 is 5.32 Å². The molecule has 0 bridgehead atoms. The van der Waals surface area contributed by atoms with Gasteiger partial charge in [0, 0.05) is 6.04 Å². The molecule has 2 rings (SSSR count). The van der Waals surface area contributed by atoms with E-state index in [-0.39, 0.29) is 18.2 Å². The van der Waals surface area contributed by atoms with Gasteiger partial charge in [-0.25, -0.2) is 4.79 Å². The Balaban J connectivity index is 1.74. The molecule has 4 atom stereocenters. The molecule has 2 N–H and O–H groups in total. The molecule has 0 spiro atoms. The van der Waals surface area contributed by atoms with Gasteiger partial charge in [0.05, 0.1) is 6.10 Å². The number of hydrogen-bond donors (Lipinski definition) is 2. The van der Waals surface area contributed by atoms with Gasteiger partial charge in [-0.3, -0.25) is 0 Å². The van der Waals surface area contributed by atoms with Crippen molar-refractivity contribution in [3.8, 4) is 0 Å². The van der Waals surface area contributed by atoms with Crippen molar-refractivity contribution >= 4 is 6.09 Å². The summed E-state index contributed by atoms with van der Waals surface area (Å²) < 4.78 is 5.17. The summed E-state index contributed by atoms with van der Waals surface area (Å²) in [6, 6.07) is 0.239. The first-order valence-corrected chi connectivity index (χ1v) is 5.54. The average molecular weight is 213 g/mol. The van der Waals surface area contributed by atoms with Crippen molar-refractivity contribution in [2.24, 2.45) is 11.8 Å². The molecule has 0 aromatic rings. The van der Waals surface area contributed by atoms with Crippen molar-refractivity contribution in [2.75, 3.05) is 0 Å². The van der Waals surface area contributed by atoms with Crippen LogP contribution in [0.25, 0.3) is 0 Å². The first kappa shape index (κ1) is 10.7. The molecule has 2 unspecified atom stereocenters. The van der Waals surface area contributed by atoms with Crippen LogP contribution in [0.15, 0.2) is 0 Å². The Bertz CT molecular complexity index is 259. The molecule has 1 amide bonds. The third-order valence-corrected chi connectivity index (χ3v) is 3.10. The van der Waals surface area contributed by atoms with Gasteiger partial charge in [0.2, 0.25) is 0 Å². The fourth-order valence-corrected chi connectivity index (χ4v) is 2.47. The standard InChI is InChI=1S/C11H19NO3/c1-11(2,3)15-10(14)12-9-7-4-6(13)5-8(7)9/h6-9,13H,4-5H2,1-3H3,(H,12,14)/t6?,7-,8+,9?. The van der Waals surface area contributed by atoms with Crippen molar-refractivity contribution in [3.63, 3.8) is 0 Å². The van der Waals surface area contributed by atoms with E-state index in [4.69, 9.17) is 4.74 Å². The largest absolute Gasteiger partial charge is 0.444 e. The second-order valence-electron chi connectivity index (χ2n) is 5.62. The minimum atomic E-state index is -0.437. The minimum Gasteiger partial charge on any atom is -0.444 e. The Hall–Kier alpha value is -0.770. The van der Waals surface area contributed by atoms with E-state index in [9.17, 15) is 9.90 Å². The van der Waals surface area contributed by atoms with E-state index in [1.54, 1.807) is 0 Å². The number of aliphatic hydroxyl groups excluding tert-OH is 1. The van der Waals surface area contributed by atoms with Gasteiger partial charge in [-0.1, -0.05) is 0 Å². The normalized spacial score (nSPS) is 38.4. The smallest absolute Gasteiger partial charge is 0.407 e. The fraction of sp³-hybridized carbons (Fsp3) is 0.909. The maximum Gasteiger partial charge on any atom is 0.407 e. The number of fused-ring (bicyclic) bond motifs is 1. The van der Waals surface area contributed by atoms with Crippen LogP contribution in [0.3, 0.4) is 0 Å². The summed E-state index contributed by atoms with van der Waals surface area (Å²) in [5, 5.41) is 12.2. The number of carbonyl (C=O) groups excluding carboxylic acids is 1. The molecule has 2 aliphatic rings. The summed E-state index contributed by atoms with van der Waals surface area (Å²) >= 11 is 0. The highest BCUT2D eigenvalue weighted by Gasteiger charge is 2.56. The molecule has 0 aliphatic heterocycles. The number of carbonyl (C=O) groups is 1. The molecular formula is C11H19NO3. The molecule has 4 nitrogen and oxygen atoms in total. The lowest BCUT2D eigenvalue weighted by Gasteiger charge is -2.20. The Morgan fingerprint density at radius 2 is 1.87 bits per heavy atom. The topological polar surface area (TPSA) is 58.6 Å². The van der Waals surface area contributed by atoms with Gasteiger partial charge in [-0.05, 0) is 45.4 Å². The maximum absolute atomic E-state index is 11.4. The van der Waals surface area contributed by atoms with Crippen LogP contribution in [0.2, 0.25) is 0 Å². The van der Waals surface area contributed by atoms with Crippen LogP contribution in [-0.4, -0.2) is 28.9 Å². The molecule has 2 saturated carbocycles. The van der Waals surface area contributed by atoms with Crippen LogP contribution in [0.5, 0.6) is 0 Å². The van der Waals surface area contributed by atoms with E-state index < -0.39 is 5.60 Å². The second-order valence-corrected chi connectivity index (χ2v) is 5.62. The van der Waals surface area contributed by atoms with Gasteiger partial charge in [0.15, 0.2) is 0 Å². The zero-order valence-corrected chi connectivity index (χ0v) is 9.49. The van der Waals surface area contributed by atoms with Gasteiger partial charge in [-0.15, -0.1) is 0 Å². The molecule has 0 aromatic heterocycles. The molecule has 0 saturated heterocycles. The van der Waals surface area contributed by atoms with Crippen LogP contribution in [-0.2, 0) is 4.74 Å². The lowest BCUT2D eigenvalue weighted by molar-refractivity contribution is 0.0510. The molecule has 0 radical (unpaired) electrons. The molecule has 0 heterocycles. The third kappa shape index (κ3) is 2.43.